The van der Waals surface area contributed by atoms with E-state index in [1.807, 2.05) is 23.7 Å². The number of likely N-dealkylation sites (N-methyl/N-ethyl adjacent to an activating group) is 1. The summed E-state index contributed by atoms with van der Waals surface area (Å²) in [6.45, 7) is 2.83. The Hall–Kier alpha value is -2.43. The summed E-state index contributed by atoms with van der Waals surface area (Å²) in [5.41, 5.74) is 1.24. The topological polar surface area (TPSA) is 64.8 Å². The van der Waals surface area contributed by atoms with E-state index in [1.165, 1.54) is 12.1 Å². The molecule has 2 aromatic rings. The van der Waals surface area contributed by atoms with Gasteiger partial charge in [-0.1, -0.05) is 18.2 Å². The van der Waals surface area contributed by atoms with E-state index in [0.717, 1.165) is 50.5 Å². The van der Waals surface area contributed by atoms with Gasteiger partial charge in [-0.2, -0.15) is 18.3 Å². The number of piperidine rings is 1. The summed E-state index contributed by atoms with van der Waals surface area (Å²) in [5.74, 6) is -0.152. The van der Waals surface area contributed by atoms with Gasteiger partial charge in [0.2, 0.25) is 0 Å². The van der Waals surface area contributed by atoms with E-state index in [9.17, 15) is 23.1 Å². The van der Waals surface area contributed by atoms with Crippen molar-refractivity contribution < 1.29 is 23.1 Å². The van der Waals surface area contributed by atoms with E-state index in [2.05, 4.69) is 10.00 Å². The fourth-order valence-corrected chi connectivity index (χ4v) is 5.94. The van der Waals surface area contributed by atoms with Gasteiger partial charge >= 0.3 is 6.18 Å². The molecule has 1 amide bonds. The van der Waals surface area contributed by atoms with Gasteiger partial charge in [0.1, 0.15) is 6.23 Å². The minimum Gasteiger partial charge on any atom is -0.377 e. The number of likely N-dealkylation sites (tertiary alicyclic amines) is 2. The fraction of sp³-hybridized carbons (Fsp3) is 0.630. The number of nitrogens with zero attached hydrogens (tertiary/aromatic N) is 5. The van der Waals surface area contributed by atoms with E-state index in [-0.39, 0.29) is 30.0 Å². The van der Waals surface area contributed by atoms with Crippen molar-refractivity contribution in [2.24, 2.45) is 0 Å². The molecule has 37 heavy (non-hydrogen) atoms. The van der Waals surface area contributed by atoms with E-state index >= 15 is 0 Å². The monoisotopic (exact) mass is 519 g/mol. The zero-order chi connectivity index (χ0) is 26.3. The SMILES string of the molecule is CN(C)CC(O)N1CCC(n2ncc(C(=O)N3CC[C@@H](c4ccccc4C(F)(F)F)C3)c2C2CC2)CC1. The van der Waals surface area contributed by atoms with Crippen LogP contribution < -0.4 is 0 Å². The van der Waals surface area contributed by atoms with Crippen molar-refractivity contribution in [2.45, 2.75) is 62.4 Å². The first-order chi connectivity index (χ1) is 17.6. The van der Waals surface area contributed by atoms with Crippen molar-refractivity contribution in [3.63, 3.8) is 0 Å². The summed E-state index contributed by atoms with van der Waals surface area (Å²) < 4.78 is 42.7. The van der Waals surface area contributed by atoms with Crippen molar-refractivity contribution in [1.29, 1.82) is 0 Å². The summed E-state index contributed by atoms with van der Waals surface area (Å²) >= 11 is 0. The largest absolute Gasteiger partial charge is 0.416 e. The van der Waals surface area contributed by atoms with E-state index in [1.54, 1.807) is 17.2 Å². The van der Waals surface area contributed by atoms with Gasteiger partial charge in [-0.3, -0.25) is 14.4 Å². The van der Waals surface area contributed by atoms with Crippen LogP contribution in [0.5, 0.6) is 0 Å². The number of carbonyl (C=O) groups is 1. The number of carbonyl (C=O) groups excluding carboxylic acids is 1. The molecule has 1 aromatic heterocycles. The van der Waals surface area contributed by atoms with Crippen molar-refractivity contribution in [1.82, 2.24) is 24.5 Å². The molecular weight excluding hydrogens is 483 g/mol. The van der Waals surface area contributed by atoms with Gasteiger partial charge in [0.15, 0.2) is 0 Å². The number of aromatic nitrogens is 2. The fourth-order valence-electron chi connectivity index (χ4n) is 5.94. The van der Waals surface area contributed by atoms with Crippen LogP contribution in [0.15, 0.2) is 30.5 Å². The molecule has 0 radical (unpaired) electrons. The third kappa shape index (κ3) is 5.56. The van der Waals surface area contributed by atoms with Crippen LogP contribution in [0.4, 0.5) is 13.2 Å². The number of aliphatic hydroxyl groups excluding tert-OH is 1. The number of alkyl halides is 3. The minimum absolute atomic E-state index is 0.126. The van der Waals surface area contributed by atoms with Gasteiger partial charge in [-0.25, -0.2) is 0 Å². The second-order valence-corrected chi connectivity index (χ2v) is 11.0. The number of aliphatic hydroxyl groups is 1. The Bertz CT molecular complexity index is 1110. The van der Waals surface area contributed by atoms with Gasteiger partial charge in [-0.05, 0) is 57.8 Å². The second-order valence-electron chi connectivity index (χ2n) is 11.0. The third-order valence-electron chi connectivity index (χ3n) is 8.00. The molecule has 202 valence electrons. The first-order valence-electron chi connectivity index (χ1n) is 13.2. The highest BCUT2D eigenvalue weighted by Gasteiger charge is 2.40. The van der Waals surface area contributed by atoms with E-state index < -0.39 is 18.0 Å². The Balaban J connectivity index is 1.29. The van der Waals surface area contributed by atoms with E-state index in [0.29, 0.717) is 31.0 Å². The molecule has 10 heteroatoms. The van der Waals surface area contributed by atoms with Gasteiger partial charge in [0.25, 0.3) is 5.91 Å². The van der Waals surface area contributed by atoms with Gasteiger partial charge in [0, 0.05) is 44.6 Å². The van der Waals surface area contributed by atoms with Crippen molar-refractivity contribution in [3.8, 4) is 0 Å². The molecule has 1 unspecified atom stereocenters. The van der Waals surface area contributed by atoms with Gasteiger partial charge in [0.05, 0.1) is 29.1 Å². The van der Waals surface area contributed by atoms with Gasteiger partial charge in [-0.15, -0.1) is 0 Å². The number of hydrogen-bond donors (Lipinski definition) is 1. The molecule has 1 saturated carbocycles. The molecule has 3 fully saturated rings. The van der Waals surface area contributed by atoms with Crippen LogP contribution in [0.1, 0.15) is 77.2 Å². The molecule has 0 bridgehead atoms. The van der Waals surface area contributed by atoms with Crippen LogP contribution in [0.25, 0.3) is 0 Å². The van der Waals surface area contributed by atoms with Crippen LogP contribution >= 0.6 is 0 Å². The van der Waals surface area contributed by atoms with Crippen LogP contribution in [-0.4, -0.2) is 88.5 Å². The Labute approximate surface area is 215 Å². The zero-order valence-electron chi connectivity index (χ0n) is 21.5. The van der Waals surface area contributed by atoms with Crippen LogP contribution in [-0.2, 0) is 6.18 Å². The van der Waals surface area contributed by atoms with Crippen molar-refractivity contribution >= 4 is 5.91 Å². The molecule has 2 atom stereocenters. The lowest BCUT2D eigenvalue weighted by molar-refractivity contribution is -0.138. The number of hydrogen-bond acceptors (Lipinski definition) is 5. The van der Waals surface area contributed by atoms with Crippen LogP contribution in [0, 0.1) is 0 Å². The highest BCUT2D eigenvalue weighted by atomic mass is 19.4. The first kappa shape index (κ1) is 26.2. The molecule has 1 N–H and O–H groups in total. The highest BCUT2D eigenvalue weighted by molar-refractivity contribution is 5.95. The Kier molecular flexibility index (Phi) is 7.35. The normalized spacial score (nSPS) is 22.7. The quantitative estimate of drug-likeness (QED) is 0.601. The smallest absolute Gasteiger partial charge is 0.377 e. The number of benzene rings is 1. The molecule has 2 saturated heterocycles. The van der Waals surface area contributed by atoms with Crippen molar-refractivity contribution in [2.75, 3.05) is 46.8 Å². The number of rotatable bonds is 7. The summed E-state index contributed by atoms with van der Waals surface area (Å²) in [4.78, 5) is 19.4. The standard InChI is InChI=1S/C27H36F3N5O2/c1-32(2)17-24(36)33-13-10-20(11-14-33)35-25(18-7-8-18)22(15-31-35)26(37)34-12-9-19(16-34)21-5-3-4-6-23(21)27(28,29)30/h3-6,15,18-20,24,36H,7-14,16-17H2,1-2H3/t19-,24?/m1/s1. The lowest BCUT2D eigenvalue weighted by Gasteiger charge is -2.36. The maximum atomic E-state index is 13.6. The summed E-state index contributed by atoms with van der Waals surface area (Å²) in [5, 5.41) is 15.1. The molecule has 5 rings (SSSR count). The molecule has 1 aliphatic carbocycles. The molecule has 1 aromatic carbocycles. The molecular formula is C27H36F3N5O2. The minimum atomic E-state index is -4.41. The lowest BCUT2D eigenvalue weighted by Crippen LogP contribution is -2.46. The van der Waals surface area contributed by atoms with Crippen molar-refractivity contribution in [3.05, 3.63) is 52.8 Å². The molecule has 0 spiro atoms. The average molecular weight is 520 g/mol. The second kappa shape index (κ2) is 10.4. The summed E-state index contributed by atoms with van der Waals surface area (Å²) in [6.07, 6.45) is 1.01. The Morgan fingerprint density at radius 1 is 1.08 bits per heavy atom. The van der Waals surface area contributed by atoms with Crippen LogP contribution in [0.3, 0.4) is 0 Å². The predicted molar refractivity (Wildman–Crippen MR) is 133 cm³/mol. The summed E-state index contributed by atoms with van der Waals surface area (Å²) in [7, 11) is 3.88. The Morgan fingerprint density at radius 3 is 2.43 bits per heavy atom. The first-order valence-corrected chi connectivity index (χ1v) is 13.2. The maximum absolute atomic E-state index is 13.6. The predicted octanol–water partition coefficient (Wildman–Crippen LogP) is 3.93. The zero-order valence-corrected chi connectivity index (χ0v) is 21.5. The molecule has 7 nitrogen and oxygen atoms in total. The molecule has 2 aliphatic heterocycles. The molecule has 3 heterocycles. The molecule has 3 aliphatic rings. The number of amides is 1. The summed E-state index contributed by atoms with van der Waals surface area (Å²) in [6, 6.07) is 5.88. The van der Waals surface area contributed by atoms with Crippen LogP contribution in [0.2, 0.25) is 0 Å². The maximum Gasteiger partial charge on any atom is 0.416 e. The number of halogens is 3. The third-order valence-corrected chi connectivity index (χ3v) is 8.00. The average Bonchev–Trinajstić information content (AvgIpc) is 3.41. The lowest BCUT2D eigenvalue weighted by atomic mass is 9.93. The highest BCUT2D eigenvalue weighted by Crippen LogP contribution is 2.44. The Morgan fingerprint density at radius 2 is 1.78 bits per heavy atom. The van der Waals surface area contributed by atoms with Gasteiger partial charge < -0.3 is 14.9 Å². The van der Waals surface area contributed by atoms with E-state index in [4.69, 9.17) is 0 Å².